The summed E-state index contributed by atoms with van der Waals surface area (Å²) < 4.78 is 0. The third-order valence-corrected chi connectivity index (χ3v) is 13.5. The van der Waals surface area contributed by atoms with Crippen molar-refractivity contribution in [3.8, 4) is 0 Å². The Morgan fingerprint density at radius 3 is 1.30 bits per heavy atom. The zero-order valence-electron chi connectivity index (χ0n) is 40.3. The summed E-state index contributed by atoms with van der Waals surface area (Å²) in [5.41, 5.74) is 15.8. The second kappa shape index (κ2) is 20.4. The maximum absolute atomic E-state index is 2.37. The summed E-state index contributed by atoms with van der Waals surface area (Å²) in [5, 5.41) is 4.86. The monoisotopic (exact) mass is 916 g/mol. The first-order chi connectivity index (χ1) is 35.1. The smallest absolute Gasteiger partial charge is 0.0468 e. The highest BCUT2D eigenvalue weighted by molar-refractivity contribution is 5.91. The Bertz CT molecular complexity index is 3520. The normalized spacial score (nSPS) is 12.3. The number of allylic oxidation sites excluding steroid dienone is 4. The van der Waals surface area contributed by atoms with Gasteiger partial charge in [0.05, 0.1) is 0 Å². The zero-order valence-corrected chi connectivity index (χ0v) is 40.3. The van der Waals surface area contributed by atoms with Crippen molar-refractivity contribution in [1.82, 2.24) is 0 Å². The van der Waals surface area contributed by atoms with Crippen molar-refractivity contribution in [2.24, 2.45) is 0 Å². The van der Waals surface area contributed by atoms with Crippen LogP contribution in [0.15, 0.2) is 267 Å². The van der Waals surface area contributed by atoms with Crippen molar-refractivity contribution in [3.05, 3.63) is 278 Å². The van der Waals surface area contributed by atoms with Crippen molar-refractivity contribution in [1.29, 1.82) is 0 Å². The van der Waals surface area contributed by atoms with Crippen molar-refractivity contribution in [3.63, 3.8) is 0 Å². The van der Waals surface area contributed by atoms with Gasteiger partial charge in [-0.15, -0.1) is 0 Å². The molecule has 0 saturated heterocycles. The lowest BCUT2D eigenvalue weighted by Crippen LogP contribution is -2.16. The highest BCUT2D eigenvalue weighted by atomic mass is 15.2. The number of fused-ring (bicyclic) bond motifs is 3. The Balaban J connectivity index is 1.01. The van der Waals surface area contributed by atoms with Gasteiger partial charge < -0.3 is 19.6 Å². The SMILES string of the molecule is C/C=C(\C=C/CC)N(c1ccc(N(c2ccc(N(c3ccccc3)c3ccc4c(c3)CCC=C4)cc2)c2ccc(N(c3ccccc3)c3ccc4ccccc4c3)cc2)cc1)c1ccc2ccccc2c1. The minimum Gasteiger partial charge on any atom is -0.311 e. The molecular weight excluding hydrogens is 861 g/mol. The molecule has 4 nitrogen and oxygen atoms in total. The van der Waals surface area contributed by atoms with Crippen LogP contribution in [0.3, 0.4) is 0 Å². The van der Waals surface area contributed by atoms with E-state index in [-0.39, 0.29) is 0 Å². The van der Waals surface area contributed by atoms with Crippen LogP contribution in [0.1, 0.15) is 37.8 Å². The predicted octanol–water partition coefficient (Wildman–Crippen LogP) is 19.4. The summed E-state index contributed by atoms with van der Waals surface area (Å²) in [4.78, 5) is 9.43. The minimum atomic E-state index is 0.952. The van der Waals surface area contributed by atoms with Crippen LogP contribution in [-0.4, -0.2) is 0 Å². The van der Waals surface area contributed by atoms with Crippen LogP contribution in [0.4, 0.5) is 62.6 Å². The van der Waals surface area contributed by atoms with Gasteiger partial charge in [-0.2, -0.15) is 0 Å². The second-order valence-corrected chi connectivity index (χ2v) is 18.0. The molecule has 0 N–H and O–H groups in total. The molecule has 0 unspecified atom stereocenters. The van der Waals surface area contributed by atoms with Crippen LogP contribution in [0.5, 0.6) is 0 Å². The summed E-state index contributed by atoms with van der Waals surface area (Å²) in [6.07, 6.45) is 14.3. The van der Waals surface area contributed by atoms with Crippen molar-refractivity contribution >= 4 is 90.2 Å². The number of hydrogen-bond acceptors (Lipinski definition) is 4. The van der Waals surface area contributed by atoms with Gasteiger partial charge >= 0.3 is 0 Å². The van der Waals surface area contributed by atoms with E-state index in [4.69, 9.17) is 0 Å². The van der Waals surface area contributed by atoms with Crippen molar-refractivity contribution in [2.75, 3.05) is 19.6 Å². The molecule has 0 radical (unpaired) electrons. The average Bonchev–Trinajstić information content (AvgIpc) is 3.44. The standard InChI is InChI=1S/C67H56N4/c1-3-5-24-56(4-2)68(65-32-29-50-18-12-15-21-53(50)47-65)59-35-37-60(38-36-59)69(61-39-43-63(44-40-61)70(57-25-8-6-9-26-57)66-33-30-51-19-13-16-22-54(51)48-66)62-41-45-64(46-42-62)71(58-27-10-7-11-28-58)67-34-31-52-20-14-17-23-55(52)49-67/h4-16,18-22,24-49H,3,17,23H2,1-2H3/b24-5-,56-4+. The molecule has 71 heavy (non-hydrogen) atoms. The van der Waals surface area contributed by atoms with Crippen LogP contribution in [-0.2, 0) is 6.42 Å². The van der Waals surface area contributed by atoms with Gasteiger partial charge in [0.1, 0.15) is 0 Å². The lowest BCUT2D eigenvalue weighted by molar-refractivity contribution is 0.984. The Morgan fingerprint density at radius 2 is 0.789 bits per heavy atom. The molecular formula is C67H56N4. The largest absolute Gasteiger partial charge is 0.311 e. The highest BCUT2D eigenvalue weighted by Crippen LogP contribution is 2.43. The molecule has 4 heteroatoms. The van der Waals surface area contributed by atoms with Crippen LogP contribution < -0.4 is 19.6 Å². The molecule has 0 saturated carbocycles. The van der Waals surface area contributed by atoms with Gasteiger partial charge in [0.2, 0.25) is 0 Å². The van der Waals surface area contributed by atoms with Gasteiger partial charge in [-0.25, -0.2) is 0 Å². The molecule has 1 aliphatic rings. The first-order valence-corrected chi connectivity index (χ1v) is 24.8. The second-order valence-electron chi connectivity index (χ2n) is 18.0. The topological polar surface area (TPSA) is 13.0 Å². The molecule has 10 aromatic carbocycles. The Hall–Kier alpha value is -8.86. The summed E-state index contributed by atoms with van der Waals surface area (Å²) >= 11 is 0. The average molecular weight is 917 g/mol. The van der Waals surface area contributed by atoms with Crippen LogP contribution in [0.2, 0.25) is 0 Å². The van der Waals surface area contributed by atoms with Gasteiger partial charge in [-0.05, 0) is 198 Å². The molecule has 0 heterocycles. The highest BCUT2D eigenvalue weighted by Gasteiger charge is 2.21. The number of aryl methyl sites for hydroxylation is 1. The maximum atomic E-state index is 2.37. The molecule has 344 valence electrons. The fraction of sp³-hybridized carbons (Fsp3) is 0.0746. The van der Waals surface area contributed by atoms with E-state index in [9.17, 15) is 0 Å². The molecule has 11 rings (SSSR count). The quantitative estimate of drug-likeness (QED) is 0.101. The number of benzene rings is 10. The molecule has 0 aromatic heterocycles. The summed E-state index contributed by atoms with van der Waals surface area (Å²) in [5.74, 6) is 0. The van der Waals surface area contributed by atoms with Crippen molar-refractivity contribution < 1.29 is 0 Å². The van der Waals surface area contributed by atoms with E-state index in [0.29, 0.717) is 0 Å². The lowest BCUT2D eigenvalue weighted by Gasteiger charge is -2.30. The molecule has 0 bridgehead atoms. The van der Waals surface area contributed by atoms with Gasteiger partial charge in [-0.3, -0.25) is 0 Å². The predicted molar refractivity (Wildman–Crippen MR) is 305 cm³/mol. The maximum Gasteiger partial charge on any atom is 0.0468 e. The molecule has 10 aromatic rings. The van der Waals surface area contributed by atoms with Gasteiger partial charge in [0, 0.05) is 68.3 Å². The Morgan fingerprint density at radius 1 is 0.394 bits per heavy atom. The Labute approximate surface area is 418 Å². The van der Waals surface area contributed by atoms with E-state index in [1.165, 1.54) is 32.7 Å². The number of para-hydroxylation sites is 2. The van der Waals surface area contributed by atoms with Crippen LogP contribution in [0, 0.1) is 0 Å². The summed E-state index contributed by atoms with van der Waals surface area (Å²) in [6.45, 7) is 4.30. The first kappa shape index (κ1) is 44.6. The van der Waals surface area contributed by atoms with Gasteiger partial charge in [0.15, 0.2) is 0 Å². The molecule has 1 aliphatic carbocycles. The molecule has 0 atom stereocenters. The van der Waals surface area contributed by atoms with Gasteiger partial charge in [0.25, 0.3) is 0 Å². The fourth-order valence-electron chi connectivity index (χ4n) is 9.92. The number of anilines is 11. The van der Waals surface area contributed by atoms with E-state index < -0.39 is 0 Å². The van der Waals surface area contributed by atoms with E-state index in [1.807, 2.05) is 0 Å². The van der Waals surface area contributed by atoms with E-state index >= 15 is 0 Å². The minimum absolute atomic E-state index is 0.952. The molecule has 0 spiro atoms. The Kier molecular flexibility index (Phi) is 12.8. The van der Waals surface area contributed by atoms with Crippen LogP contribution >= 0.6 is 0 Å². The zero-order chi connectivity index (χ0) is 47.9. The number of rotatable bonds is 14. The van der Waals surface area contributed by atoms with E-state index in [1.54, 1.807) is 0 Å². The van der Waals surface area contributed by atoms with Crippen LogP contribution in [0.25, 0.3) is 27.6 Å². The third kappa shape index (κ3) is 9.36. The van der Waals surface area contributed by atoms with Crippen molar-refractivity contribution in [2.45, 2.75) is 33.1 Å². The fourth-order valence-corrected chi connectivity index (χ4v) is 9.92. The van der Waals surface area contributed by atoms with E-state index in [2.05, 4.69) is 300 Å². The molecule has 0 amide bonds. The summed E-state index contributed by atoms with van der Waals surface area (Å²) in [6, 6.07) is 85.9. The lowest BCUT2D eigenvalue weighted by atomic mass is 9.96. The van der Waals surface area contributed by atoms with E-state index in [0.717, 1.165) is 87.5 Å². The van der Waals surface area contributed by atoms with Gasteiger partial charge in [-0.1, -0.05) is 134 Å². The number of nitrogens with zero attached hydrogens (tertiary/aromatic N) is 4. The molecule has 0 aliphatic heterocycles. The number of hydrogen-bond donors (Lipinski definition) is 0. The third-order valence-electron chi connectivity index (χ3n) is 13.5. The molecule has 0 fully saturated rings. The summed E-state index contributed by atoms with van der Waals surface area (Å²) in [7, 11) is 0. The first-order valence-electron chi connectivity index (χ1n) is 24.8.